The largest absolute Gasteiger partial charge is 0.308 e. The van der Waals surface area contributed by atoms with E-state index in [0.29, 0.717) is 12.1 Å². The zero-order valence-corrected chi connectivity index (χ0v) is 12.9. The summed E-state index contributed by atoms with van der Waals surface area (Å²) >= 11 is 0. The molecule has 1 aliphatic carbocycles. The van der Waals surface area contributed by atoms with E-state index in [1.165, 1.54) is 44.1 Å². The van der Waals surface area contributed by atoms with Crippen LogP contribution >= 0.6 is 0 Å². The first-order valence-corrected chi connectivity index (χ1v) is 8.43. The van der Waals surface area contributed by atoms with Crippen LogP contribution in [0.15, 0.2) is 35.3 Å². The van der Waals surface area contributed by atoms with Gasteiger partial charge in [0.25, 0.3) is 0 Å². The minimum Gasteiger partial charge on any atom is -0.308 e. The van der Waals surface area contributed by atoms with Crippen LogP contribution in [0.5, 0.6) is 0 Å². The first-order valence-electron chi connectivity index (χ1n) is 8.43. The molecule has 114 valence electrons. The number of hydrogen-bond acceptors (Lipinski definition) is 3. The van der Waals surface area contributed by atoms with E-state index in [1.807, 2.05) is 0 Å². The molecule has 0 bridgehead atoms. The molecule has 0 amide bonds. The average molecular weight is 285 g/mol. The monoisotopic (exact) mass is 285 g/mol. The Hall–Kier alpha value is -1.19. The number of nitrogens with one attached hydrogen (secondary N) is 1. The number of nitrogens with zero attached hydrogens (tertiary/aromatic N) is 2. The van der Waals surface area contributed by atoms with Crippen molar-refractivity contribution in [3.8, 4) is 0 Å². The molecule has 1 aliphatic heterocycles. The first-order chi connectivity index (χ1) is 10.4. The second kappa shape index (κ2) is 7.71. The van der Waals surface area contributed by atoms with Crippen LogP contribution in [-0.2, 0) is 6.54 Å². The van der Waals surface area contributed by atoms with Gasteiger partial charge in [-0.05, 0) is 18.4 Å². The predicted molar refractivity (Wildman–Crippen MR) is 88.6 cm³/mol. The molecule has 0 spiro atoms. The number of benzene rings is 1. The molecule has 1 heterocycles. The summed E-state index contributed by atoms with van der Waals surface area (Å²) < 4.78 is 0. The summed E-state index contributed by atoms with van der Waals surface area (Å²) in [4.78, 5) is 6.97. The Bertz CT molecular complexity index is 435. The molecule has 3 nitrogen and oxygen atoms in total. The Labute approximate surface area is 128 Å². The van der Waals surface area contributed by atoms with Crippen molar-refractivity contribution < 1.29 is 0 Å². The van der Waals surface area contributed by atoms with E-state index in [4.69, 9.17) is 0 Å². The summed E-state index contributed by atoms with van der Waals surface area (Å²) in [7, 11) is 0. The number of aliphatic imine (C=N–C) groups is 1. The van der Waals surface area contributed by atoms with Gasteiger partial charge in [-0.3, -0.25) is 9.89 Å². The van der Waals surface area contributed by atoms with Gasteiger partial charge in [0.2, 0.25) is 0 Å². The lowest BCUT2D eigenvalue weighted by molar-refractivity contribution is 0.163. The SMILES string of the molecule is C1=NCN(C2CCCCCCC2NCc2ccccc2)C1. The third-order valence-electron chi connectivity index (χ3n) is 4.82. The Morgan fingerprint density at radius 2 is 1.86 bits per heavy atom. The minimum absolute atomic E-state index is 0.604. The van der Waals surface area contributed by atoms with Crippen LogP contribution in [-0.4, -0.2) is 36.4 Å². The topological polar surface area (TPSA) is 27.6 Å². The van der Waals surface area contributed by atoms with E-state index in [0.717, 1.165) is 19.8 Å². The van der Waals surface area contributed by atoms with Gasteiger partial charge in [-0.2, -0.15) is 0 Å². The zero-order valence-electron chi connectivity index (χ0n) is 12.9. The van der Waals surface area contributed by atoms with Gasteiger partial charge in [0.1, 0.15) is 0 Å². The molecule has 2 unspecified atom stereocenters. The maximum atomic E-state index is 4.42. The van der Waals surface area contributed by atoms with E-state index < -0.39 is 0 Å². The van der Waals surface area contributed by atoms with Crippen molar-refractivity contribution >= 4 is 6.21 Å². The van der Waals surface area contributed by atoms with Crippen molar-refractivity contribution in [2.24, 2.45) is 4.99 Å². The van der Waals surface area contributed by atoms with Crippen molar-refractivity contribution in [3.63, 3.8) is 0 Å². The summed E-state index contributed by atoms with van der Waals surface area (Å²) in [5.74, 6) is 0. The smallest absolute Gasteiger partial charge is 0.0912 e. The molecule has 0 radical (unpaired) electrons. The molecule has 0 saturated heterocycles. The Balaban J connectivity index is 1.62. The highest BCUT2D eigenvalue weighted by Crippen LogP contribution is 2.23. The molecule has 2 atom stereocenters. The quantitative estimate of drug-likeness (QED) is 0.920. The van der Waals surface area contributed by atoms with E-state index >= 15 is 0 Å². The van der Waals surface area contributed by atoms with Crippen molar-refractivity contribution in [1.82, 2.24) is 10.2 Å². The second-order valence-electron chi connectivity index (χ2n) is 6.31. The van der Waals surface area contributed by atoms with Gasteiger partial charge in [0, 0.05) is 31.4 Å². The fourth-order valence-corrected chi connectivity index (χ4v) is 3.61. The Kier molecular flexibility index (Phi) is 5.41. The van der Waals surface area contributed by atoms with E-state index in [9.17, 15) is 0 Å². The van der Waals surface area contributed by atoms with Crippen LogP contribution in [0.3, 0.4) is 0 Å². The Morgan fingerprint density at radius 3 is 2.62 bits per heavy atom. The molecule has 1 N–H and O–H groups in total. The van der Waals surface area contributed by atoms with E-state index in [2.05, 4.69) is 51.8 Å². The highest BCUT2D eigenvalue weighted by molar-refractivity contribution is 5.61. The third-order valence-corrected chi connectivity index (χ3v) is 4.82. The van der Waals surface area contributed by atoms with Gasteiger partial charge in [-0.15, -0.1) is 0 Å². The molecule has 21 heavy (non-hydrogen) atoms. The predicted octanol–water partition coefficient (Wildman–Crippen LogP) is 3.21. The summed E-state index contributed by atoms with van der Waals surface area (Å²) in [5, 5.41) is 3.84. The molecule has 1 aromatic carbocycles. The lowest BCUT2D eigenvalue weighted by atomic mass is 9.91. The lowest BCUT2D eigenvalue weighted by Gasteiger charge is -2.36. The van der Waals surface area contributed by atoms with Crippen molar-refractivity contribution in [2.45, 2.75) is 57.2 Å². The zero-order chi connectivity index (χ0) is 14.3. The second-order valence-corrected chi connectivity index (χ2v) is 6.31. The maximum Gasteiger partial charge on any atom is 0.0912 e. The number of rotatable bonds is 4. The molecule has 1 fully saturated rings. The van der Waals surface area contributed by atoms with Crippen LogP contribution < -0.4 is 5.32 Å². The van der Waals surface area contributed by atoms with E-state index in [-0.39, 0.29) is 0 Å². The third kappa shape index (κ3) is 4.14. The van der Waals surface area contributed by atoms with Crippen LogP contribution in [0.2, 0.25) is 0 Å². The van der Waals surface area contributed by atoms with Gasteiger partial charge in [0.15, 0.2) is 0 Å². The van der Waals surface area contributed by atoms with Gasteiger partial charge in [0.05, 0.1) is 6.67 Å². The fraction of sp³-hybridized carbons (Fsp3) is 0.611. The number of hydrogen-bond donors (Lipinski definition) is 1. The van der Waals surface area contributed by atoms with Crippen LogP contribution in [0.4, 0.5) is 0 Å². The molecule has 0 aromatic heterocycles. The fourth-order valence-electron chi connectivity index (χ4n) is 3.61. The first kappa shape index (κ1) is 14.7. The van der Waals surface area contributed by atoms with Crippen LogP contribution in [0.1, 0.15) is 44.1 Å². The normalized spacial score (nSPS) is 27.4. The highest BCUT2D eigenvalue weighted by atomic mass is 15.3. The molecular weight excluding hydrogens is 258 g/mol. The molecule has 3 heteroatoms. The average Bonchev–Trinajstić information content (AvgIpc) is 3.01. The molecule has 3 rings (SSSR count). The Morgan fingerprint density at radius 1 is 1.05 bits per heavy atom. The molecule has 2 aliphatic rings. The van der Waals surface area contributed by atoms with Crippen molar-refractivity contribution in [2.75, 3.05) is 13.2 Å². The summed E-state index contributed by atoms with van der Waals surface area (Å²) in [6, 6.07) is 12.0. The summed E-state index contributed by atoms with van der Waals surface area (Å²) in [6.45, 7) is 2.92. The van der Waals surface area contributed by atoms with Gasteiger partial charge >= 0.3 is 0 Å². The lowest BCUT2D eigenvalue weighted by Crippen LogP contribution is -2.49. The van der Waals surface area contributed by atoms with E-state index in [1.54, 1.807) is 0 Å². The van der Waals surface area contributed by atoms with Gasteiger partial charge in [-0.1, -0.05) is 56.0 Å². The highest BCUT2D eigenvalue weighted by Gasteiger charge is 2.28. The van der Waals surface area contributed by atoms with Crippen molar-refractivity contribution in [1.29, 1.82) is 0 Å². The van der Waals surface area contributed by atoms with Crippen LogP contribution in [0.25, 0.3) is 0 Å². The standard InChI is InChI=1S/C18H27N3/c1-2-7-11-18(21-13-12-19-15-21)17(10-6-1)20-14-16-8-4-3-5-9-16/h3-5,8-9,12,17-18,20H,1-2,6-7,10-11,13-15H2. The van der Waals surface area contributed by atoms with Crippen molar-refractivity contribution in [3.05, 3.63) is 35.9 Å². The summed E-state index contributed by atoms with van der Waals surface area (Å²) in [5.41, 5.74) is 1.39. The summed E-state index contributed by atoms with van der Waals surface area (Å²) in [6.07, 6.45) is 10.2. The molecular formula is C18H27N3. The molecule has 1 aromatic rings. The maximum absolute atomic E-state index is 4.42. The van der Waals surface area contributed by atoms with Gasteiger partial charge < -0.3 is 5.32 Å². The van der Waals surface area contributed by atoms with Gasteiger partial charge in [-0.25, -0.2) is 0 Å². The van der Waals surface area contributed by atoms with Crippen LogP contribution in [0, 0.1) is 0 Å². The minimum atomic E-state index is 0.604. The molecule has 1 saturated carbocycles.